The van der Waals surface area contributed by atoms with Crippen molar-refractivity contribution in [3.05, 3.63) is 0 Å². The fourth-order valence-electron chi connectivity index (χ4n) is 2.57. The Bertz CT molecular complexity index is 182. The van der Waals surface area contributed by atoms with Gasteiger partial charge in [-0.25, -0.2) is 0 Å². The van der Waals surface area contributed by atoms with Gasteiger partial charge >= 0.3 is 0 Å². The molecule has 1 saturated heterocycles. The zero-order chi connectivity index (χ0) is 12.5. The van der Waals surface area contributed by atoms with Crippen molar-refractivity contribution in [2.75, 3.05) is 19.8 Å². The van der Waals surface area contributed by atoms with Crippen LogP contribution in [0.2, 0.25) is 0 Å². The number of unbranched alkanes of at least 4 members (excludes halogenated alkanes) is 6. The smallest absolute Gasteiger partial charge is 0.0482 e. The fourth-order valence-corrected chi connectivity index (χ4v) is 2.57. The molecule has 0 aromatic carbocycles. The van der Waals surface area contributed by atoms with Gasteiger partial charge in [0.2, 0.25) is 0 Å². The Morgan fingerprint density at radius 2 is 1.65 bits per heavy atom. The molecule has 1 N–H and O–H groups in total. The van der Waals surface area contributed by atoms with Crippen LogP contribution < -0.4 is 5.32 Å². The quantitative estimate of drug-likeness (QED) is 0.652. The molecule has 2 unspecified atom stereocenters. The fraction of sp³-hybridized carbons (Fsp3) is 1.00. The van der Waals surface area contributed by atoms with Crippen molar-refractivity contribution in [2.45, 2.75) is 71.8 Å². The van der Waals surface area contributed by atoms with Crippen molar-refractivity contribution in [3.8, 4) is 0 Å². The Morgan fingerprint density at radius 1 is 1.00 bits per heavy atom. The third-order valence-electron chi connectivity index (χ3n) is 4.11. The lowest BCUT2D eigenvalue weighted by molar-refractivity contribution is 0.139. The van der Waals surface area contributed by atoms with Crippen LogP contribution in [0.15, 0.2) is 0 Å². The third kappa shape index (κ3) is 6.42. The largest absolute Gasteiger partial charge is 0.301 e. The highest BCUT2D eigenvalue weighted by Crippen LogP contribution is 2.12. The summed E-state index contributed by atoms with van der Waals surface area (Å²) in [6.45, 7) is 10.6. The van der Waals surface area contributed by atoms with Crippen molar-refractivity contribution in [1.29, 1.82) is 0 Å². The summed E-state index contributed by atoms with van der Waals surface area (Å²) < 4.78 is 0. The van der Waals surface area contributed by atoms with Crippen molar-refractivity contribution >= 4 is 0 Å². The topological polar surface area (TPSA) is 15.3 Å². The van der Waals surface area contributed by atoms with Gasteiger partial charge in [-0.3, -0.25) is 4.90 Å². The molecule has 102 valence electrons. The van der Waals surface area contributed by atoms with Crippen LogP contribution in [0.25, 0.3) is 0 Å². The van der Waals surface area contributed by atoms with Gasteiger partial charge in [0.05, 0.1) is 0 Å². The summed E-state index contributed by atoms with van der Waals surface area (Å²) in [5.41, 5.74) is 0. The molecule has 2 nitrogen and oxygen atoms in total. The standard InChI is InChI=1S/C15H32N2/c1-4-5-6-7-8-9-10-11-17-12-14(2)15(3)16-13-17/h14-16H,4-13H2,1-3H3. The second-order valence-electron chi connectivity index (χ2n) is 5.83. The van der Waals surface area contributed by atoms with Crippen LogP contribution in [0.5, 0.6) is 0 Å². The minimum absolute atomic E-state index is 0.695. The molecule has 0 bridgehead atoms. The van der Waals surface area contributed by atoms with E-state index in [0.717, 1.165) is 12.6 Å². The second-order valence-corrected chi connectivity index (χ2v) is 5.83. The summed E-state index contributed by atoms with van der Waals surface area (Å²) in [5, 5.41) is 3.58. The molecule has 17 heavy (non-hydrogen) atoms. The summed E-state index contributed by atoms with van der Waals surface area (Å²) in [4.78, 5) is 2.58. The van der Waals surface area contributed by atoms with E-state index in [0.29, 0.717) is 6.04 Å². The zero-order valence-corrected chi connectivity index (χ0v) is 12.2. The Hall–Kier alpha value is -0.0800. The van der Waals surface area contributed by atoms with Gasteiger partial charge in [0.25, 0.3) is 0 Å². The molecule has 0 radical (unpaired) electrons. The molecule has 2 atom stereocenters. The number of nitrogens with zero attached hydrogens (tertiary/aromatic N) is 1. The van der Waals surface area contributed by atoms with Crippen LogP contribution in [-0.2, 0) is 0 Å². The molecule has 1 fully saturated rings. The highest BCUT2D eigenvalue weighted by atomic mass is 15.3. The summed E-state index contributed by atoms with van der Waals surface area (Å²) in [5.74, 6) is 0.799. The van der Waals surface area contributed by atoms with Crippen molar-refractivity contribution in [2.24, 2.45) is 5.92 Å². The van der Waals surface area contributed by atoms with Crippen LogP contribution in [-0.4, -0.2) is 30.7 Å². The minimum atomic E-state index is 0.695. The average molecular weight is 240 g/mol. The Kier molecular flexibility index (Phi) is 7.87. The second kappa shape index (κ2) is 8.93. The molecule has 0 amide bonds. The molecular weight excluding hydrogens is 208 g/mol. The highest BCUT2D eigenvalue weighted by molar-refractivity contribution is 4.77. The van der Waals surface area contributed by atoms with E-state index in [4.69, 9.17) is 0 Å². The molecule has 1 aliphatic rings. The van der Waals surface area contributed by atoms with E-state index in [9.17, 15) is 0 Å². The SMILES string of the molecule is CCCCCCCCCN1CNC(C)C(C)C1. The van der Waals surface area contributed by atoms with Gasteiger partial charge in [-0.15, -0.1) is 0 Å². The molecule has 1 aliphatic heterocycles. The minimum Gasteiger partial charge on any atom is -0.301 e. The van der Waals surface area contributed by atoms with Gasteiger partial charge in [-0.05, 0) is 25.8 Å². The third-order valence-corrected chi connectivity index (χ3v) is 4.11. The average Bonchev–Trinajstić information content (AvgIpc) is 2.32. The first-order chi connectivity index (χ1) is 8.24. The highest BCUT2D eigenvalue weighted by Gasteiger charge is 2.20. The van der Waals surface area contributed by atoms with E-state index in [2.05, 4.69) is 31.0 Å². The monoisotopic (exact) mass is 240 g/mol. The van der Waals surface area contributed by atoms with E-state index < -0.39 is 0 Å². The van der Waals surface area contributed by atoms with Crippen LogP contribution in [0, 0.1) is 5.92 Å². The van der Waals surface area contributed by atoms with E-state index in [-0.39, 0.29) is 0 Å². The lowest BCUT2D eigenvalue weighted by atomic mass is 10.0. The van der Waals surface area contributed by atoms with Crippen molar-refractivity contribution < 1.29 is 0 Å². The van der Waals surface area contributed by atoms with E-state index in [1.54, 1.807) is 0 Å². The van der Waals surface area contributed by atoms with Crippen molar-refractivity contribution in [3.63, 3.8) is 0 Å². The lowest BCUT2D eigenvalue weighted by Gasteiger charge is -2.36. The molecule has 0 spiro atoms. The zero-order valence-electron chi connectivity index (χ0n) is 12.2. The van der Waals surface area contributed by atoms with Crippen LogP contribution in [0.1, 0.15) is 65.7 Å². The predicted molar refractivity (Wildman–Crippen MR) is 76.2 cm³/mol. The first kappa shape index (κ1) is 15.0. The molecule has 0 saturated carbocycles. The van der Waals surface area contributed by atoms with Gasteiger partial charge in [0.1, 0.15) is 0 Å². The van der Waals surface area contributed by atoms with Gasteiger partial charge < -0.3 is 5.32 Å². The maximum atomic E-state index is 3.58. The normalized spacial score (nSPS) is 26.3. The number of nitrogens with one attached hydrogen (secondary N) is 1. The number of hydrogen-bond donors (Lipinski definition) is 1. The van der Waals surface area contributed by atoms with Gasteiger partial charge in [0.15, 0.2) is 0 Å². The van der Waals surface area contributed by atoms with E-state index in [1.165, 1.54) is 58.0 Å². The number of rotatable bonds is 8. The molecule has 0 aromatic heterocycles. The first-order valence-electron chi connectivity index (χ1n) is 7.69. The van der Waals surface area contributed by atoms with Gasteiger partial charge in [-0.2, -0.15) is 0 Å². The van der Waals surface area contributed by atoms with E-state index in [1.807, 2.05) is 0 Å². The molecule has 1 rings (SSSR count). The van der Waals surface area contributed by atoms with Crippen molar-refractivity contribution in [1.82, 2.24) is 10.2 Å². The Morgan fingerprint density at radius 3 is 2.29 bits per heavy atom. The van der Waals surface area contributed by atoms with E-state index >= 15 is 0 Å². The van der Waals surface area contributed by atoms with Crippen LogP contribution in [0.3, 0.4) is 0 Å². The summed E-state index contributed by atoms with van der Waals surface area (Å²) in [6, 6.07) is 0.695. The maximum absolute atomic E-state index is 3.58. The predicted octanol–water partition coefficient (Wildman–Crippen LogP) is 3.62. The summed E-state index contributed by atoms with van der Waals surface area (Å²) >= 11 is 0. The first-order valence-corrected chi connectivity index (χ1v) is 7.69. The van der Waals surface area contributed by atoms with Gasteiger partial charge in [0, 0.05) is 19.3 Å². The van der Waals surface area contributed by atoms with Crippen LogP contribution in [0.4, 0.5) is 0 Å². The number of hydrogen-bond acceptors (Lipinski definition) is 2. The lowest BCUT2D eigenvalue weighted by Crippen LogP contribution is -2.51. The maximum Gasteiger partial charge on any atom is 0.0482 e. The Labute approximate surface area is 108 Å². The van der Waals surface area contributed by atoms with Gasteiger partial charge in [-0.1, -0.05) is 52.4 Å². The molecular formula is C15H32N2. The molecule has 0 aliphatic carbocycles. The summed E-state index contributed by atoms with van der Waals surface area (Å²) in [6.07, 6.45) is 9.91. The van der Waals surface area contributed by atoms with Crippen LogP contribution >= 0.6 is 0 Å². The molecule has 2 heteroatoms. The summed E-state index contributed by atoms with van der Waals surface area (Å²) in [7, 11) is 0. The molecule has 1 heterocycles. The molecule has 0 aromatic rings. The Balaban J connectivity index is 1.92.